The highest BCUT2D eigenvalue weighted by Gasteiger charge is 2.06. The predicted molar refractivity (Wildman–Crippen MR) is 53.5 cm³/mol. The molecule has 3 N–H and O–H groups in total. The number of phenols is 1. The molecule has 0 radical (unpaired) electrons. The molecule has 0 saturated carbocycles. The molecule has 0 aliphatic rings. The van der Waals surface area contributed by atoms with Crippen LogP contribution < -0.4 is 5.73 Å². The third-order valence-electron chi connectivity index (χ3n) is 1.76. The van der Waals surface area contributed by atoms with Crippen LogP contribution in [0.4, 0.5) is 0 Å². The summed E-state index contributed by atoms with van der Waals surface area (Å²) in [7, 11) is 0. The molecule has 1 aromatic rings. The van der Waals surface area contributed by atoms with E-state index in [0.29, 0.717) is 4.99 Å². The highest BCUT2D eigenvalue weighted by atomic mass is 32.1. The highest BCUT2D eigenvalue weighted by Crippen LogP contribution is 2.20. The largest absolute Gasteiger partial charge is 0.508 e. The summed E-state index contributed by atoms with van der Waals surface area (Å²) in [5, 5.41) is 9.22. The van der Waals surface area contributed by atoms with Crippen molar-refractivity contribution in [2.45, 2.75) is 13.8 Å². The first kappa shape index (κ1) is 9.00. The summed E-state index contributed by atoms with van der Waals surface area (Å²) < 4.78 is 0. The van der Waals surface area contributed by atoms with E-state index in [1.165, 1.54) is 0 Å². The van der Waals surface area contributed by atoms with Crippen LogP contribution in [0.15, 0.2) is 12.1 Å². The van der Waals surface area contributed by atoms with E-state index in [0.717, 1.165) is 16.7 Å². The lowest BCUT2D eigenvalue weighted by Crippen LogP contribution is -2.12. The van der Waals surface area contributed by atoms with Gasteiger partial charge in [-0.25, -0.2) is 0 Å². The molecule has 0 fully saturated rings. The van der Waals surface area contributed by atoms with E-state index in [9.17, 15) is 5.11 Å². The third kappa shape index (κ3) is 1.56. The SMILES string of the molecule is Cc1cc(O)cc(C)c1C(N)=S. The van der Waals surface area contributed by atoms with E-state index >= 15 is 0 Å². The molecule has 0 aromatic heterocycles. The van der Waals surface area contributed by atoms with E-state index < -0.39 is 0 Å². The quantitative estimate of drug-likeness (QED) is 0.647. The van der Waals surface area contributed by atoms with Crippen molar-refractivity contribution in [2.75, 3.05) is 0 Å². The summed E-state index contributed by atoms with van der Waals surface area (Å²) in [4.78, 5) is 0.380. The van der Waals surface area contributed by atoms with Crippen LogP contribution >= 0.6 is 12.2 Å². The fraction of sp³-hybridized carbons (Fsp3) is 0.222. The second-order valence-electron chi connectivity index (χ2n) is 2.82. The molecule has 1 rings (SSSR count). The van der Waals surface area contributed by atoms with Gasteiger partial charge in [0.2, 0.25) is 0 Å². The van der Waals surface area contributed by atoms with Gasteiger partial charge in [-0.3, -0.25) is 0 Å². The molecule has 1 aromatic carbocycles. The minimum absolute atomic E-state index is 0.255. The van der Waals surface area contributed by atoms with Gasteiger partial charge in [-0.1, -0.05) is 12.2 Å². The molecule has 0 amide bonds. The maximum atomic E-state index is 9.22. The van der Waals surface area contributed by atoms with Crippen LogP contribution in [0.1, 0.15) is 16.7 Å². The first-order valence-electron chi connectivity index (χ1n) is 3.62. The highest BCUT2D eigenvalue weighted by molar-refractivity contribution is 7.80. The van der Waals surface area contributed by atoms with Crippen molar-refractivity contribution < 1.29 is 5.11 Å². The van der Waals surface area contributed by atoms with Crippen molar-refractivity contribution in [1.29, 1.82) is 0 Å². The Morgan fingerprint density at radius 3 is 2.08 bits per heavy atom. The van der Waals surface area contributed by atoms with Crippen molar-refractivity contribution in [3.63, 3.8) is 0 Å². The van der Waals surface area contributed by atoms with Crippen LogP contribution in [0.5, 0.6) is 5.75 Å². The summed E-state index contributed by atoms with van der Waals surface area (Å²) in [5.41, 5.74) is 8.21. The molecule has 64 valence electrons. The second-order valence-corrected chi connectivity index (χ2v) is 3.26. The molecule has 0 aliphatic heterocycles. The zero-order valence-corrected chi connectivity index (χ0v) is 7.90. The molecule has 0 saturated heterocycles. The van der Waals surface area contributed by atoms with Crippen molar-refractivity contribution in [3.05, 3.63) is 28.8 Å². The minimum Gasteiger partial charge on any atom is -0.508 e. The molecule has 3 heteroatoms. The number of hydrogen-bond acceptors (Lipinski definition) is 2. The van der Waals surface area contributed by atoms with Crippen molar-refractivity contribution >= 4 is 17.2 Å². The van der Waals surface area contributed by atoms with Gasteiger partial charge in [0.15, 0.2) is 0 Å². The number of thiocarbonyl (C=S) groups is 1. The zero-order chi connectivity index (χ0) is 9.30. The van der Waals surface area contributed by atoms with Gasteiger partial charge in [0.1, 0.15) is 10.7 Å². The van der Waals surface area contributed by atoms with Crippen molar-refractivity contribution in [2.24, 2.45) is 5.73 Å². The fourth-order valence-corrected chi connectivity index (χ4v) is 1.65. The average molecular weight is 181 g/mol. The lowest BCUT2D eigenvalue weighted by Gasteiger charge is -2.07. The maximum Gasteiger partial charge on any atom is 0.116 e. The number of rotatable bonds is 1. The number of benzene rings is 1. The molecule has 0 heterocycles. The summed E-state index contributed by atoms with van der Waals surface area (Å²) in [5.74, 6) is 0.255. The number of aryl methyl sites for hydroxylation is 2. The number of hydrogen-bond donors (Lipinski definition) is 2. The Balaban J connectivity index is 3.38. The van der Waals surface area contributed by atoms with E-state index in [4.69, 9.17) is 18.0 Å². The Hall–Kier alpha value is -1.09. The van der Waals surface area contributed by atoms with Gasteiger partial charge in [-0.2, -0.15) is 0 Å². The van der Waals surface area contributed by atoms with E-state index in [-0.39, 0.29) is 5.75 Å². The van der Waals surface area contributed by atoms with Crippen LogP contribution in [0, 0.1) is 13.8 Å². The Morgan fingerprint density at radius 2 is 1.75 bits per heavy atom. The van der Waals surface area contributed by atoms with Gasteiger partial charge in [0, 0.05) is 5.56 Å². The summed E-state index contributed by atoms with van der Waals surface area (Å²) >= 11 is 4.88. The van der Waals surface area contributed by atoms with Crippen molar-refractivity contribution in [3.8, 4) is 5.75 Å². The number of aromatic hydroxyl groups is 1. The van der Waals surface area contributed by atoms with Crippen LogP contribution in [0.2, 0.25) is 0 Å². The van der Waals surface area contributed by atoms with Gasteiger partial charge in [0.25, 0.3) is 0 Å². The van der Waals surface area contributed by atoms with Gasteiger partial charge >= 0.3 is 0 Å². The number of phenolic OH excluding ortho intramolecular Hbond substituents is 1. The molecule has 0 bridgehead atoms. The summed E-state index contributed by atoms with van der Waals surface area (Å²) in [6.45, 7) is 3.75. The lowest BCUT2D eigenvalue weighted by molar-refractivity contribution is 0.474. The Bertz CT molecular complexity index is 310. The Morgan fingerprint density at radius 1 is 1.33 bits per heavy atom. The van der Waals surface area contributed by atoms with Crippen LogP contribution in [-0.2, 0) is 0 Å². The first-order valence-corrected chi connectivity index (χ1v) is 4.03. The number of nitrogens with two attached hydrogens (primary N) is 1. The molecule has 2 nitrogen and oxygen atoms in total. The smallest absolute Gasteiger partial charge is 0.116 e. The van der Waals surface area contributed by atoms with Gasteiger partial charge in [-0.05, 0) is 37.1 Å². The molecule has 0 atom stereocenters. The molecule has 0 aliphatic carbocycles. The van der Waals surface area contributed by atoms with Gasteiger partial charge in [-0.15, -0.1) is 0 Å². The normalized spacial score (nSPS) is 9.83. The van der Waals surface area contributed by atoms with Crippen molar-refractivity contribution in [1.82, 2.24) is 0 Å². The van der Waals surface area contributed by atoms with E-state index in [1.807, 2.05) is 13.8 Å². The van der Waals surface area contributed by atoms with Gasteiger partial charge < -0.3 is 10.8 Å². The third-order valence-corrected chi connectivity index (χ3v) is 1.97. The minimum atomic E-state index is 0.255. The van der Waals surface area contributed by atoms with Gasteiger partial charge in [0.05, 0.1) is 0 Å². The summed E-state index contributed by atoms with van der Waals surface area (Å²) in [6, 6.07) is 3.31. The fourth-order valence-electron chi connectivity index (χ4n) is 1.33. The Kier molecular flexibility index (Phi) is 2.33. The lowest BCUT2D eigenvalue weighted by atomic mass is 10.0. The molecular formula is C9H11NOS. The monoisotopic (exact) mass is 181 g/mol. The summed E-state index contributed by atoms with van der Waals surface area (Å²) in [6.07, 6.45) is 0. The predicted octanol–water partition coefficient (Wildman–Crippen LogP) is 1.64. The van der Waals surface area contributed by atoms with E-state index in [2.05, 4.69) is 0 Å². The van der Waals surface area contributed by atoms with E-state index in [1.54, 1.807) is 12.1 Å². The Labute approximate surface area is 77.0 Å². The molecule has 12 heavy (non-hydrogen) atoms. The van der Waals surface area contributed by atoms with Crippen LogP contribution in [-0.4, -0.2) is 10.1 Å². The maximum absolute atomic E-state index is 9.22. The second kappa shape index (κ2) is 3.11. The zero-order valence-electron chi connectivity index (χ0n) is 7.09. The van der Waals surface area contributed by atoms with Crippen LogP contribution in [0.3, 0.4) is 0 Å². The molecule has 0 unspecified atom stereocenters. The first-order chi connectivity index (χ1) is 5.52. The standard InChI is InChI=1S/C9H11NOS/c1-5-3-7(11)4-6(2)8(5)9(10)12/h3-4,11H,1-2H3,(H2,10,12). The topological polar surface area (TPSA) is 46.2 Å². The molecular weight excluding hydrogens is 170 g/mol. The molecule has 0 spiro atoms. The van der Waals surface area contributed by atoms with Crippen LogP contribution in [0.25, 0.3) is 0 Å². The average Bonchev–Trinajstić information content (AvgIpc) is 1.82.